The number of anilines is 1. The van der Waals surface area contributed by atoms with Gasteiger partial charge in [-0.3, -0.25) is 10.1 Å². The van der Waals surface area contributed by atoms with Crippen LogP contribution in [-0.2, 0) is 26.3 Å². The first-order valence-corrected chi connectivity index (χ1v) is 9.70. The summed E-state index contributed by atoms with van der Waals surface area (Å²) in [5.74, 6) is -2.16. The summed E-state index contributed by atoms with van der Waals surface area (Å²) in [5, 5.41) is 10.5. The van der Waals surface area contributed by atoms with Gasteiger partial charge in [0.1, 0.15) is 11.9 Å². The van der Waals surface area contributed by atoms with E-state index in [0.29, 0.717) is 5.13 Å². The third-order valence-electron chi connectivity index (χ3n) is 3.94. The molecular formula is C17H22F3N5O4S. The van der Waals surface area contributed by atoms with Gasteiger partial charge < -0.3 is 14.4 Å². The summed E-state index contributed by atoms with van der Waals surface area (Å²) in [5.41, 5.74) is -0.126. The standard InChI is InChI=1S/C15H21N5O2S.C2HF3O2/c1-15(2,3)13-18-14(23-19-13)17-12(21)11-5-4-10(22-11)8-20-7-6-16-9-20;3-2(4,5)1(6)7/h6-7,9-11H,4-5,8H2,1-3H3,(H,17,18,19,21);(H,6,7)/t10-,11+;/m1./s1. The van der Waals surface area contributed by atoms with Crippen molar-refractivity contribution in [3.63, 3.8) is 0 Å². The SMILES string of the molecule is CC(C)(C)c1nsc(NC(=O)[C@@H]2CC[C@H](Cn3ccnc3)O2)n1.O=C(O)C(F)(F)F. The zero-order chi connectivity index (χ0) is 22.5. The third kappa shape index (κ3) is 7.06. The summed E-state index contributed by atoms with van der Waals surface area (Å²) in [7, 11) is 0. The highest BCUT2D eigenvalue weighted by Crippen LogP contribution is 2.25. The average Bonchev–Trinajstić information content (AvgIpc) is 3.35. The third-order valence-corrected chi connectivity index (χ3v) is 4.57. The maximum absolute atomic E-state index is 12.3. The normalized spacial score (nSPS) is 19.1. The quantitative estimate of drug-likeness (QED) is 0.737. The van der Waals surface area contributed by atoms with Crippen LogP contribution in [0.3, 0.4) is 0 Å². The van der Waals surface area contributed by atoms with E-state index in [9.17, 15) is 18.0 Å². The minimum absolute atomic E-state index is 0.0412. The van der Waals surface area contributed by atoms with Crippen molar-refractivity contribution in [3.8, 4) is 0 Å². The molecule has 166 valence electrons. The maximum atomic E-state index is 12.3. The lowest BCUT2D eigenvalue weighted by atomic mass is 9.96. The molecule has 1 fully saturated rings. The number of hydrogen-bond acceptors (Lipinski definition) is 7. The number of halogens is 3. The molecule has 13 heteroatoms. The van der Waals surface area contributed by atoms with Crippen molar-refractivity contribution < 1.29 is 32.6 Å². The number of carboxylic acids is 1. The highest BCUT2D eigenvalue weighted by atomic mass is 32.1. The maximum Gasteiger partial charge on any atom is 0.490 e. The van der Waals surface area contributed by atoms with Crippen molar-refractivity contribution in [1.82, 2.24) is 18.9 Å². The molecule has 0 spiro atoms. The molecule has 0 bridgehead atoms. The van der Waals surface area contributed by atoms with Gasteiger partial charge in [0, 0.05) is 35.9 Å². The smallest absolute Gasteiger partial charge is 0.475 e. The van der Waals surface area contributed by atoms with Crippen LogP contribution < -0.4 is 5.32 Å². The molecule has 1 saturated heterocycles. The second kappa shape index (κ2) is 9.51. The summed E-state index contributed by atoms with van der Waals surface area (Å²) in [4.78, 5) is 29.6. The van der Waals surface area contributed by atoms with Crippen LogP contribution in [0.25, 0.3) is 0 Å². The van der Waals surface area contributed by atoms with Gasteiger partial charge in [0.2, 0.25) is 5.13 Å². The number of amides is 1. The first-order chi connectivity index (χ1) is 13.9. The van der Waals surface area contributed by atoms with Crippen molar-refractivity contribution >= 4 is 28.5 Å². The van der Waals surface area contributed by atoms with Gasteiger partial charge in [-0.15, -0.1) is 0 Å². The molecule has 1 amide bonds. The topological polar surface area (TPSA) is 119 Å². The number of aliphatic carboxylic acids is 1. The number of carboxylic acid groups (broad SMARTS) is 1. The minimum atomic E-state index is -5.08. The average molecular weight is 449 g/mol. The van der Waals surface area contributed by atoms with Gasteiger partial charge in [0.05, 0.1) is 12.4 Å². The van der Waals surface area contributed by atoms with Crippen LogP contribution >= 0.6 is 11.5 Å². The molecule has 2 atom stereocenters. The van der Waals surface area contributed by atoms with Gasteiger partial charge in [-0.1, -0.05) is 20.8 Å². The second-order valence-electron chi connectivity index (χ2n) is 7.55. The van der Waals surface area contributed by atoms with Crippen molar-refractivity contribution in [3.05, 3.63) is 24.5 Å². The molecule has 3 heterocycles. The number of ether oxygens (including phenoxy) is 1. The van der Waals surface area contributed by atoms with E-state index >= 15 is 0 Å². The van der Waals surface area contributed by atoms with E-state index in [1.54, 1.807) is 12.5 Å². The molecule has 1 aliphatic heterocycles. The van der Waals surface area contributed by atoms with E-state index in [4.69, 9.17) is 14.6 Å². The minimum Gasteiger partial charge on any atom is -0.475 e. The van der Waals surface area contributed by atoms with Gasteiger partial charge in [-0.2, -0.15) is 17.5 Å². The van der Waals surface area contributed by atoms with Crippen molar-refractivity contribution in [2.45, 2.75) is 64.0 Å². The highest BCUT2D eigenvalue weighted by molar-refractivity contribution is 7.09. The predicted molar refractivity (Wildman–Crippen MR) is 101 cm³/mol. The van der Waals surface area contributed by atoms with Crippen LogP contribution in [0.2, 0.25) is 0 Å². The number of alkyl halides is 3. The van der Waals surface area contributed by atoms with E-state index in [1.165, 1.54) is 11.5 Å². The number of carbonyl (C=O) groups is 2. The fourth-order valence-corrected chi connectivity index (χ4v) is 3.19. The fraction of sp³-hybridized carbons (Fsp3) is 0.588. The number of aromatic nitrogens is 4. The first-order valence-electron chi connectivity index (χ1n) is 8.92. The first kappa shape index (κ1) is 23.7. The molecule has 1 aliphatic rings. The molecule has 30 heavy (non-hydrogen) atoms. The Morgan fingerprint density at radius 2 is 2.00 bits per heavy atom. The van der Waals surface area contributed by atoms with Gasteiger partial charge in [-0.05, 0) is 12.8 Å². The van der Waals surface area contributed by atoms with E-state index in [1.807, 2.05) is 31.5 Å². The summed E-state index contributed by atoms with van der Waals surface area (Å²) < 4.78 is 43.8. The molecule has 2 aromatic heterocycles. The number of hydrogen-bond donors (Lipinski definition) is 2. The second-order valence-corrected chi connectivity index (χ2v) is 8.30. The fourth-order valence-electron chi connectivity index (χ4n) is 2.43. The molecule has 2 N–H and O–H groups in total. The van der Waals surface area contributed by atoms with Crippen molar-refractivity contribution in [2.24, 2.45) is 0 Å². The van der Waals surface area contributed by atoms with E-state index < -0.39 is 18.2 Å². The molecule has 0 aromatic carbocycles. The summed E-state index contributed by atoms with van der Waals surface area (Å²) >= 11 is 1.21. The lowest BCUT2D eigenvalue weighted by molar-refractivity contribution is -0.192. The largest absolute Gasteiger partial charge is 0.490 e. The predicted octanol–water partition coefficient (Wildman–Crippen LogP) is 2.85. The summed E-state index contributed by atoms with van der Waals surface area (Å²) in [6, 6.07) is 0. The van der Waals surface area contributed by atoms with Crippen LogP contribution in [-0.4, -0.2) is 54.3 Å². The van der Waals surface area contributed by atoms with Gasteiger partial charge in [0.15, 0.2) is 0 Å². The Kier molecular flexibility index (Phi) is 7.53. The number of carbonyl (C=O) groups excluding carboxylic acids is 1. The molecular weight excluding hydrogens is 427 g/mol. The Morgan fingerprint density at radius 3 is 2.50 bits per heavy atom. The van der Waals surface area contributed by atoms with E-state index in [-0.39, 0.29) is 17.4 Å². The van der Waals surface area contributed by atoms with E-state index in [0.717, 1.165) is 25.2 Å². The number of nitrogens with zero attached hydrogens (tertiary/aromatic N) is 4. The lowest BCUT2D eigenvalue weighted by Crippen LogP contribution is -2.29. The molecule has 3 rings (SSSR count). The van der Waals surface area contributed by atoms with E-state index in [2.05, 4.69) is 19.7 Å². The summed E-state index contributed by atoms with van der Waals surface area (Å²) in [6.07, 6.45) is 1.50. The van der Waals surface area contributed by atoms with Crippen LogP contribution in [0, 0.1) is 0 Å². The molecule has 9 nitrogen and oxygen atoms in total. The molecule has 0 unspecified atom stereocenters. The molecule has 2 aromatic rings. The Morgan fingerprint density at radius 1 is 1.33 bits per heavy atom. The number of rotatable bonds is 4. The molecule has 0 radical (unpaired) electrons. The molecule has 0 aliphatic carbocycles. The Balaban J connectivity index is 0.000000396. The molecule has 0 saturated carbocycles. The van der Waals surface area contributed by atoms with Crippen molar-refractivity contribution in [1.29, 1.82) is 0 Å². The summed E-state index contributed by atoms with van der Waals surface area (Å²) in [6.45, 7) is 6.85. The van der Waals surface area contributed by atoms with Crippen LogP contribution in [0.1, 0.15) is 39.4 Å². The Labute approximate surface area is 174 Å². The Hall–Kier alpha value is -2.54. The zero-order valence-electron chi connectivity index (χ0n) is 16.5. The highest BCUT2D eigenvalue weighted by Gasteiger charge is 2.38. The zero-order valence-corrected chi connectivity index (χ0v) is 17.3. The van der Waals surface area contributed by atoms with Gasteiger partial charge >= 0.3 is 12.1 Å². The Bertz CT molecular complexity index is 848. The van der Waals surface area contributed by atoms with Gasteiger partial charge in [0.25, 0.3) is 5.91 Å². The monoisotopic (exact) mass is 449 g/mol. The number of imidazole rings is 1. The lowest BCUT2D eigenvalue weighted by Gasteiger charge is -2.14. The van der Waals surface area contributed by atoms with Crippen LogP contribution in [0.5, 0.6) is 0 Å². The number of nitrogens with one attached hydrogen (secondary N) is 1. The van der Waals surface area contributed by atoms with Gasteiger partial charge in [-0.25, -0.2) is 14.8 Å². The van der Waals surface area contributed by atoms with Crippen molar-refractivity contribution in [2.75, 3.05) is 5.32 Å². The van der Waals surface area contributed by atoms with Crippen LogP contribution in [0.15, 0.2) is 18.7 Å². The van der Waals surface area contributed by atoms with Crippen LogP contribution in [0.4, 0.5) is 18.3 Å².